The molecular weight excluding hydrogens is 400 g/mol. The maximum atomic E-state index is 12.2. The van der Waals surface area contributed by atoms with Crippen LogP contribution >= 0.6 is 11.8 Å². The van der Waals surface area contributed by atoms with Crippen LogP contribution in [-0.2, 0) is 28.7 Å². The third-order valence-electron chi connectivity index (χ3n) is 3.27. The van der Waals surface area contributed by atoms with Crippen LogP contribution in [0.1, 0.15) is 40.0 Å². The highest BCUT2D eigenvalue weighted by Crippen LogP contribution is 2.02. The number of hydrogen-bond acceptors (Lipinski definition) is 7. The smallest absolute Gasteiger partial charge is 0.325 e. The van der Waals surface area contributed by atoms with Crippen molar-refractivity contribution >= 4 is 41.4 Å². The summed E-state index contributed by atoms with van der Waals surface area (Å²) in [5.41, 5.74) is 0. The van der Waals surface area contributed by atoms with Gasteiger partial charge in [-0.25, -0.2) is 0 Å². The maximum absolute atomic E-state index is 12.2. The topological polar surface area (TPSA) is 143 Å². The molecule has 0 aliphatic rings. The van der Waals surface area contributed by atoms with Crippen LogP contribution in [0.2, 0.25) is 0 Å². The quantitative estimate of drug-likeness (QED) is 0.288. The van der Waals surface area contributed by atoms with Crippen molar-refractivity contribution in [1.82, 2.24) is 21.3 Å². The SMILES string of the molecule is CC.CCCC(=O)NC(CCSC)C(=O)NCC(=O)NCC(=O)NCC(=O)OC. The lowest BCUT2D eigenvalue weighted by Gasteiger charge is -2.18. The molecule has 0 spiro atoms. The van der Waals surface area contributed by atoms with Crippen molar-refractivity contribution in [2.75, 3.05) is 38.8 Å². The van der Waals surface area contributed by atoms with E-state index in [1.54, 1.807) is 11.8 Å². The molecule has 0 heterocycles. The van der Waals surface area contributed by atoms with E-state index in [-0.39, 0.29) is 25.5 Å². The Morgan fingerprint density at radius 3 is 1.97 bits per heavy atom. The first-order valence-corrected chi connectivity index (χ1v) is 10.9. The number of thioether (sulfide) groups is 1. The fraction of sp³-hybridized carbons (Fsp3) is 0.722. The van der Waals surface area contributed by atoms with Gasteiger partial charge in [-0.3, -0.25) is 24.0 Å². The van der Waals surface area contributed by atoms with Crippen LogP contribution in [-0.4, -0.2) is 74.4 Å². The van der Waals surface area contributed by atoms with E-state index < -0.39 is 29.7 Å². The Morgan fingerprint density at radius 2 is 1.45 bits per heavy atom. The Hall–Kier alpha value is -2.30. The van der Waals surface area contributed by atoms with Crippen LogP contribution in [0.25, 0.3) is 0 Å². The standard InChI is InChI=1S/C16H28N4O6S.C2H6/c1-4-5-12(21)20-11(6-7-27-3)16(25)19-9-14(23)17-8-13(22)18-10-15(24)26-2;1-2/h11H,4-10H2,1-3H3,(H,17,23)(H,18,22)(H,19,25)(H,20,21);1-2H3. The second kappa shape index (κ2) is 19.0. The first-order chi connectivity index (χ1) is 13.8. The van der Waals surface area contributed by atoms with Gasteiger partial charge in [-0.1, -0.05) is 20.8 Å². The van der Waals surface area contributed by atoms with Crippen LogP contribution in [0, 0.1) is 0 Å². The number of methoxy groups -OCH3 is 1. The molecule has 0 radical (unpaired) electrons. The van der Waals surface area contributed by atoms with Crippen molar-refractivity contribution in [1.29, 1.82) is 0 Å². The first-order valence-electron chi connectivity index (χ1n) is 9.50. The molecule has 0 aromatic heterocycles. The summed E-state index contributed by atoms with van der Waals surface area (Å²) < 4.78 is 4.36. The van der Waals surface area contributed by atoms with Crippen molar-refractivity contribution < 1.29 is 28.7 Å². The van der Waals surface area contributed by atoms with E-state index >= 15 is 0 Å². The fourth-order valence-electron chi connectivity index (χ4n) is 1.84. The first kappa shape index (κ1) is 28.9. The average molecular weight is 435 g/mol. The molecule has 0 aromatic rings. The summed E-state index contributed by atoms with van der Waals surface area (Å²) in [6.07, 6.45) is 3.33. The number of nitrogens with one attached hydrogen (secondary N) is 4. The Bertz CT molecular complexity index is 530. The van der Waals surface area contributed by atoms with Crippen molar-refractivity contribution in [2.45, 2.75) is 46.1 Å². The molecular formula is C18H34N4O6S. The molecule has 10 nitrogen and oxygen atoms in total. The summed E-state index contributed by atoms with van der Waals surface area (Å²) in [6, 6.07) is -0.715. The van der Waals surface area contributed by atoms with E-state index in [2.05, 4.69) is 26.0 Å². The summed E-state index contributed by atoms with van der Waals surface area (Å²) in [5, 5.41) is 9.67. The van der Waals surface area contributed by atoms with Crippen LogP contribution in [0.3, 0.4) is 0 Å². The normalized spacial score (nSPS) is 10.5. The summed E-state index contributed by atoms with van der Waals surface area (Å²) in [5.74, 6) is -1.74. The molecule has 29 heavy (non-hydrogen) atoms. The number of carbonyl (C=O) groups is 5. The lowest BCUT2D eigenvalue weighted by atomic mass is 10.2. The molecule has 4 amide bonds. The van der Waals surface area contributed by atoms with Gasteiger partial charge in [0, 0.05) is 6.42 Å². The number of hydrogen-bond donors (Lipinski definition) is 4. The highest BCUT2D eigenvalue weighted by Gasteiger charge is 2.20. The molecule has 0 aliphatic carbocycles. The Labute approximate surface area is 176 Å². The van der Waals surface area contributed by atoms with Crippen LogP contribution in [0.5, 0.6) is 0 Å². The average Bonchev–Trinajstić information content (AvgIpc) is 2.73. The summed E-state index contributed by atoms with van der Waals surface area (Å²) in [4.78, 5) is 58.0. The second-order valence-electron chi connectivity index (χ2n) is 5.50. The van der Waals surface area contributed by atoms with Crippen molar-refractivity contribution in [3.63, 3.8) is 0 Å². The minimum Gasteiger partial charge on any atom is -0.468 e. The van der Waals surface area contributed by atoms with E-state index in [0.29, 0.717) is 25.0 Å². The zero-order chi connectivity index (χ0) is 22.7. The molecule has 0 aliphatic heterocycles. The number of rotatable bonds is 13. The van der Waals surface area contributed by atoms with E-state index in [4.69, 9.17) is 0 Å². The molecule has 0 rings (SSSR count). The molecule has 1 unspecified atom stereocenters. The van der Waals surface area contributed by atoms with E-state index in [0.717, 1.165) is 0 Å². The highest BCUT2D eigenvalue weighted by atomic mass is 32.2. The van der Waals surface area contributed by atoms with Crippen molar-refractivity contribution in [3.8, 4) is 0 Å². The van der Waals surface area contributed by atoms with Gasteiger partial charge >= 0.3 is 5.97 Å². The molecule has 168 valence electrons. The zero-order valence-corrected chi connectivity index (χ0v) is 18.7. The number of ether oxygens (including phenoxy) is 1. The summed E-state index contributed by atoms with van der Waals surface area (Å²) in [6.45, 7) is 4.90. The predicted molar refractivity (Wildman–Crippen MR) is 112 cm³/mol. The van der Waals surface area contributed by atoms with Gasteiger partial charge in [0.2, 0.25) is 23.6 Å². The monoisotopic (exact) mass is 434 g/mol. The zero-order valence-electron chi connectivity index (χ0n) is 17.9. The van der Waals surface area contributed by atoms with Gasteiger partial charge in [0.15, 0.2) is 0 Å². The number of esters is 1. The van der Waals surface area contributed by atoms with Crippen molar-refractivity contribution in [3.05, 3.63) is 0 Å². The van der Waals surface area contributed by atoms with Gasteiger partial charge < -0.3 is 26.0 Å². The maximum Gasteiger partial charge on any atom is 0.325 e. The molecule has 0 bridgehead atoms. The molecule has 11 heteroatoms. The summed E-state index contributed by atoms with van der Waals surface area (Å²) in [7, 11) is 1.19. The van der Waals surface area contributed by atoms with Crippen LogP contribution in [0.15, 0.2) is 0 Å². The Morgan fingerprint density at radius 1 is 0.897 bits per heavy atom. The van der Waals surface area contributed by atoms with E-state index in [9.17, 15) is 24.0 Å². The molecule has 0 saturated carbocycles. The van der Waals surface area contributed by atoms with Crippen LogP contribution < -0.4 is 21.3 Å². The van der Waals surface area contributed by atoms with Crippen molar-refractivity contribution in [2.24, 2.45) is 0 Å². The molecule has 0 fully saturated rings. The lowest BCUT2D eigenvalue weighted by molar-refractivity contribution is -0.141. The van der Waals surface area contributed by atoms with Gasteiger partial charge in [0.05, 0.1) is 20.2 Å². The largest absolute Gasteiger partial charge is 0.468 e. The van der Waals surface area contributed by atoms with Gasteiger partial charge in [-0.15, -0.1) is 0 Å². The molecule has 4 N–H and O–H groups in total. The third kappa shape index (κ3) is 16.4. The third-order valence-corrected chi connectivity index (χ3v) is 3.91. The summed E-state index contributed by atoms with van der Waals surface area (Å²) >= 11 is 1.54. The Kier molecular flexibility index (Phi) is 19.0. The number of amides is 4. The molecule has 1 atom stereocenters. The van der Waals surface area contributed by atoms with E-state index in [1.165, 1.54) is 7.11 Å². The second-order valence-corrected chi connectivity index (χ2v) is 6.48. The van der Waals surface area contributed by atoms with Crippen LogP contribution in [0.4, 0.5) is 0 Å². The minimum atomic E-state index is -0.715. The molecule has 0 aromatic carbocycles. The lowest BCUT2D eigenvalue weighted by Crippen LogP contribution is -2.50. The number of carbonyl (C=O) groups excluding carboxylic acids is 5. The van der Waals surface area contributed by atoms with Gasteiger partial charge in [0.1, 0.15) is 12.6 Å². The predicted octanol–water partition coefficient (Wildman–Crippen LogP) is -0.428. The molecule has 0 saturated heterocycles. The van der Waals surface area contributed by atoms with Gasteiger partial charge in [-0.2, -0.15) is 11.8 Å². The highest BCUT2D eigenvalue weighted by molar-refractivity contribution is 7.98. The Balaban J connectivity index is 0. The van der Waals surface area contributed by atoms with E-state index in [1.807, 2.05) is 27.0 Å². The minimum absolute atomic E-state index is 0.217. The van der Waals surface area contributed by atoms with Gasteiger partial charge in [0.25, 0.3) is 0 Å². The van der Waals surface area contributed by atoms with Gasteiger partial charge in [-0.05, 0) is 24.9 Å². The fourth-order valence-corrected chi connectivity index (χ4v) is 2.31.